The Morgan fingerprint density at radius 3 is 2.24 bits per heavy atom. The monoisotopic (exact) mass is 296 g/mol. The van der Waals surface area contributed by atoms with Gasteiger partial charge in [-0.25, -0.2) is 4.79 Å². The fraction of sp³-hybridized carbons (Fsp3) is 0.533. The summed E-state index contributed by atoms with van der Waals surface area (Å²) in [6.07, 6.45) is 1.96. The van der Waals surface area contributed by atoms with E-state index in [1.54, 1.807) is 0 Å². The van der Waals surface area contributed by atoms with E-state index in [-0.39, 0.29) is 11.5 Å². The number of phenols is 3. The standard InChI is InChI=1S/C15H21NO5/c1-15(2,10-3-5-16-6-4-10)21-14(20)9-7-11(17)13(19)12(18)8-9/h7-8,10,16-19H,3-6H2,1-2H3/p+1. The molecule has 21 heavy (non-hydrogen) atoms. The molecule has 1 fully saturated rings. The number of carbonyl (C=O) groups is 1. The number of quaternary nitrogens is 1. The maximum absolute atomic E-state index is 12.2. The van der Waals surface area contributed by atoms with Gasteiger partial charge in [0.25, 0.3) is 0 Å². The van der Waals surface area contributed by atoms with Crippen LogP contribution in [0.3, 0.4) is 0 Å². The molecule has 0 aromatic heterocycles. The second-order valence-electron chi connectivity index (χ2n) is 6.00. The summed E-state index contributed by atoms with van der Waals surface area (Å²) in [7, 11) is 0. The van der Waals surface area contributed by atoms with Gasteiger partial charge in [-0.15, -0.1) is 0 Å². The zero-order valence-corrected chi connectivity index (χ0v) is 12.3. The molecular weight excluding hydrogens is 274 g/mol. The number of ether oxygens (including phenoxy) is 1. The van der Waals surface area contributed by atoms with Crippen LogP contribution in [0.5, 0.6) is 17.2 Å². The lowest BCUT2D eigenvalue weighted by atomic mass is 9.83. The number of hydrogen-bond acceptors (Lipinski definition) is 5. The molecule has 1 saturated heterocycles. The van der Waals surface area contributed by atoms with Gasteiger partial charge >= 0.3 is 5.97 Å². The molecule has 0 saturated carbocycles. The minimum atomic E-state index is -0.645. The summed E-state index contributed by atoms with van der Waals surface area (Å²) < 4.78 is 5.56. The van der Waals surface area contributed by atoms with Crippen LogP contribution in [0.15, 0.2) is 12.1 Å². The van der Waals surface area contributed by atoms with Gasteiger partial charge in [0.2, 0.25) is 0 Å². The summed E-state index contributed by atoms with van der Waals surface area (Å²) in [4.78, 5) is 12.2. The van der Waals surface area contributed by atoms with Crippen molar-refractivity contribution in [3.8, 4) is 17.2 Å². The molecule has 0 bridgehead atoms. The van der Waals surface area contributed by atoms with Gasteiger partial charge in [0.1, 0.15) is 5.60 Å². The van der Waals surface area contributed by atoms with Crippen molar-refractivity contribution in [2.45, 2.75) is 32.3 Å². The first kappa shape index (κ1) is 15.4. The predicted octanol–water partition coefficient (Wildman–Crippen LogP) is 0.712. The van der Waals surface area contributed by atoms with E-state index in [2.05, 4.69) is 5.32 Å². The first-order valence-corrected chi connectivity index (χ1v) is 7.11. The maximum atomic E-state index is 12.2. The SMILES string of the molecule is CC(C)(OC(=O)c1cc(O)c(O)c(O)c1)C1CC[NH2+]CC1. The van der Waals surface area contributed by atoms with Crippen molar-refractivity contribution in [3.63, 3.8) is 0 Å². The Balaban J connectivity index is 2.13. The lowest BCUT2D eigenvalue weighted by Gasteiger charge is -2.35. The molecule has 1 aromatic carbocycles. The Morgan fingerprint density at radius 1 is 1.19 bits per heavy atom. The summed E-state index contributed by atoms with van der Waals surface area (Å²) in [5, 5.41) is 30.4. The number of nitrogens with two attached hydrogens (primary N) is 1. The lowest BCUT2D eigenvalue weighted by molar-refractivity contribution is -0.665. The van der Waals surface area contributed by atoms with Gasteiger partial charge in [0, 0.05) is 18.8 Å². The van der Waals surface area contributed by atoms with Crippen LogP contribution in [0.2, 0.25) is 0 Å². The smallest absolute Gasteiger partial charge is 0.338 e. The number of esters is 1. The number of rotatable bonds is 3. The van der Waals surface area contributed by atoms with Crippen LogP contribution in [0.4, 0.5) is 0 Å². The van der Waals surface area contributed by atoms with Gasteiger partial charge in [-0.3, -0.25) is 0 Å². The second kappa shape index (κ2) is 5.81. The van der Waals surface area contributed by atoms with Crippen molar-refractivity contribution < 1.29 is 30.2 Å². The average Bonchev–Trinajstić information content (AvgIpc) is 2.44. The molecule has 1 aromatic rings. The highest BCUT2D eigenvalue weighted by atomic mass is 16.6. The van der Waals surface area contributed by atoms with Gasteiger partial charge < -0.3 is 25.4 Å². The molecule has 1 heterocycles. The van der Waals surface area contributed by atoms with Crippen molar-refractivity contribution in [2.75, 3.05) is 13.1 Å². The average molecular weight is 296 g/mol. The van der Waals surface area contributed by atoms with E-state index in [1.807, 2.05) is 13.8 Å². The first-order valence-electron chi connectivity index (χ1n) is 7.11. The number of hydrogen-bond donors (Lipinski definition) is 4. The summed E-state index contributed by atoms with van der Waals surface area (Å²) in [5.41, 5.74) is -0.604. The zero-order chi connectivity index (χ0) is 15.6. The van der Waals surface area contributed by atoms with E-state index in [4.69, 9.17) is 4.74 Å². The number of benzene rings is 1. The molecule has 2 rings (SSSR count). The molecule has 0 atom stereocenters. The third kappa shape index (κ3) is 3.39. The molecule has 116 valence electrons. The molecule has 1 aliphatic heterocycles. The minimum absolute atomic E-state index is 0.0123. The van der Waals surface area contributed by atoms with E-state index in [9.17, 15) is 20.1 Å². The van der Waals surface area contributed by atoms with Crippen LogP contribution in [0.1, 0.15) is 37.0 Å². The van der Waals surface area contributed by atoms with Gasteiger partial charge in [0.15, 0.2) is 17.2 Å². The number of phenolic OH excluding ortho intramolecular Hbond substituents is 3. The fourth-order valence-electron chi connectivity index (χ4n) is 2.73. The normalized spacial score (nSPS) is 16.7. The first-order chi connectivity index (χ1) is 9.81. The molecule has 0 amide bonds. The molecule has 1 aliphatic rings. The summed E-state index contributed by atoms with van der Waals surface area (Å²) in [6.45, 7) is 5.79. The van der Waals surface area contributed by atoms with Gasteiger partial charge in [-0.2, -0.15) is 0 Å². The quantitative estimate of drug-likeness (QED) is 0.486. The molecule has 5 N–H and O–H groups in total. The Kier molecular flexibility index (Phi) is 4.27. The highest BCUT2D eigenvalue weighted by molar-refractivity contribution is 5.91. The van der Waals surface area contributed by atoms with Crippen molar-refractivity contribution in [3.05, 3.63) is 17.7 Å². The van der Waals surface area contributed by atoms with E-state index >= 15 is 0 Å². The third-order valence-corrected chi connectivity index (χ3v) is 4.08. The van der Waals surface area contributed by atoms with Gasteiger partial charge in [0.05, 0.1) is 18.7 Å². The molecule has 0 spiro atoms. The molecule has 0 unspecified atom stereocenters. The van der Waals surface area contributed by atoms with E-state index in [0.717, 1.165) is 38.1 Å². The molecule has 6 heteroatoms. The molecule has 6 nitrogen and oxygen atoms in total. The fourth-order valence-corrected chi connectivity index (χ4v) is 2.73. The van der Waals surface area contributed by atoms with Crippen LogP contribution < -0.4 is 5.32 Å². The zero-order valence-electron chi connectivity index (χ0n) is 12.3. The van der Waals surface area contributed by atoms with E-state index in [0.29, 0.717) is 0 Å². The Bertz CT molecular complexity index is 512. The van der Waals surface area contributed by atoms with Crippen molar-refractivity contribution in [1.29, 1.82) is 0 Å². The van der Waals surface area contributed by atoms with E-state index < -0.39 is 28.8 Å². The second-order valence-corrected chi connectivity index (χ2v) is 6.00. The number of piperidine rings is 1. The maximum Gasteiger partial charge on any atom is 0.338 e. The summed E-state index contributed by atoms with van der Waals surface area (Å²) in [6, 6.07) is 2.17. The molecule has 0 radical (unpaired) electrons. The number of aromatic hydroxyl groups is 3. The summed E-state index contributed by atoms with van der Waals surface area (Å²) in [5.74, 6) is -2.08. The van der Waals surface area contributed by atoms with Gasteiger partial charge in [-0.1, -0.05) is 0 Å². The van der Waals surface area contributed by atoms with Crippen LogP contribution in [-0.4, -0.2) is 40.0 Å². The lowest BCUT2D eigenvalue weighted by Crippen LogP contribution is -2.86. The Hall–Kier alpha value is -1.95. The van der Waals surface area contributed by atoms with Crippen molar-refractivity contribution in [1.82, 2.24) is 0 Å². The topological polar surface area (TPSA) is 104 Å². The van der Waals surface area contributed by atoms with Crippen LogP contribution in [0, 0.1) is 5.92 Å². The third-order valence-electron chi connectivity index (χ3n) is 4.08. The van der Waals surface area contributed by atoms with Crippen LogP contribution in [0.25, 0.3) is 0 Å². The predicted molar refractivity (Wildman–Crippen MR) is 75.3 cm³/mol. The largest absolute Gasteiger partial charge is 0.504 e. The van der Waals surface area contributed by atoms with Crippen molar-refractivity contribution >= 4 is 5.97 Å². The van der Waals surface area contributed by atoms with E-state index in [1.165, 1.54) is 0 Å². The highest BCUT2D eigenvalue weighted by Gasteiger charge is 2.35. The van der Waals surface area contributed by atoms with Crippen LogP contribution in [-0.2, 0) is 4.74 Å². The molecular formula is C15H22NO5+. The van der Waals surface area contributed by atoms with Crippen molar-refractivity contribution in [2.24, 2.45) is 5.92 Å². The minimum Gasteiger partial charge on any atom is -0.504 e. The highest BCUT2D eigenvalue weighted by Crippen LogP contribution is 2.36. The summed E-state index contributed by atoms with van der Waals surface area (Å²) >= 11 is 0. The van der Waals surface area contributed by atoms with Crippen LogP contribution >= 0.6 is 0 Å². The molecule has 0 aliphatic carbocycles. The Labute approximate surface area is 123 Å². The Morgan fingerprint density at radius 2 is 1.71 bits per heavy atom. The number of carbonyl (C=O) groups excluding carboxylic acids is 1. The van der Waals surface area contributed by atoms with Gasteiger partial charge in [-0.05, 0) is 26.0 Å².